The average Bonchev–Trinajstić information content (AvgIpc) is 2.94. The van der Waals surface area contributed by atoms with E-state index in [0.29, 0.717) is 6.04 Å². The molecule has 1 unspecified atom stereocenters. The van der Waals surface area contributed by atoms with Crippen molar-refractivity contribution in [1.82, 2.24) is 15.3 Å². The van der Waals surface area contributed by atoms with Crippen molar-refractivity contribution < 1.29 is 0 Å². The molecule has 0 saturated carbocycles. The van der Waals surface area contributed by atoms with Crippen LogP contribution < -0.4 is 10.2 Å². The lowest BCUT2D eigenvalue weighted by Crippen LogP contribution is -2.22. The van der Waals surface area contributed by atoms with Gasteiger partial charge in [-0.2, -0.15) is 0 Å². The summed E-state index contributed by atoms with van der Waals surface area (Å²) in [4.78, 5) is 11.3. The van der Waals surface area contributed by atoms with Crippen molar-refractivity contribution in [3.8, 4) is 0 Å². The summed E-state index contributed by atoms with van der Waals surface area (Å²) in [5.41, 5.74) is 2.17. The third kappa shape index (κ3) is 3.52. The second kappa shape index (κ2) is 6.63. The molecule has 0 bridgehead atoms. The molecule has 1 N–H and O–H groups in total. The van der Waals surface area contributed by atoms with Crippen LogP contribution >= 0.6 is 11.3 Å². The Hall–Kier alpha value is -1.46. The zero-order valence-electron chi connectivity index (χ0n) is 11.6. The normalized spacial score (nSPS) is 12.4. The highest BCUT2D eigenvalue weighted by Gasteiger charge is 2.13. The van der Waals surface area contributed by atoms with Crippen molar-refractivity contribution in [2.45, 2.75) is 26.4 Å². The van der Waals surface area contributed by atoms with Crippen LogP contribution in [0.25, 0.3) is 0 Å². The maximum absolute atomic E-state index is 4.70. The number of anilines is 1. The van der Waals surface area contributed by atoms with Gasteiger partial charge in [0.05, 0.1) is 17.9 Å². The lowest BCUT2D eigenvalue weighted by atomic mass is 10.3. The molecule has 102 valence electrons. The van der Waals surface area contributed by atoms with E-state index in [2.05, 4.69) is 34.4 Å². The first-order chi connectivity index (χ1) is 9.24. The highest BCUT2D eigenvalue weighted by Crippen LogP contribution is 2.24. The fourth-order valence-corrected chi connectivity index (χ4v) is 2.75. The van der Waals surface area contributed by atoms with Crippen LogP contribution in [-0.2, 0) is 6.54 Å². The van der Waals surface area contributed by atoms with Gasteiger partial charge < -0.3 is 10.2 Å². The Morgan fingerprint density at radius 3 is 2.89 bits per heavy atom. The van der Waals surface area contributed by atoms with Crippen LogP contribution in [0.1, 0.15) is 31.3 Å². The molecular formula is C14H20N4S. The molecule has 19 heavy (non-hydrogen) atoms. The molecule has 5 heteroatoms. The number of aromatic nitrogens is 2. The molecule has 2 heterocycles. The Bertz CT molecular complexity index is 497. The highest BCUT2D eigenvalue weighted by atomic mass is 32.1. The number of thiazole rings is 1. The smallest absolute Gasteiger partial charge is 0.185 e. The zero-order valence-corrected chi connectivity index (χ0v) is 12.4. The van der Waals surface area contributed by atoms with E-state index in [1.165, 1.54) is 0 Å². The first kappa shape index (κ1) is 14.0. The summed E-state index contributed by atoms with van der Waals surface area (Å²) in [6, 6.07) is 6.30. The van der Waals surface area contributed by atoms with Crippen molar-refractivity contribution in [1.29, 1.82) is 0 Å². The van der Waals surface area contributed by atoms with Gasteiger partial charge >= 0.3 is 0 Å². The largest absolute Gasteiger partial charge is 0.342 e. The van der Waals surface area contributed by atoms with Crippen molar-refractivity contribution >= 4 is 16.5 Å². The second-order valence-electron chi connectivity index (χ2n) is 4.40. The maximum Gasteiger partial charge on any atom is 0.185 e. The molecule has 1 atom stereocenters. The van der Waals surface area contributed by atoms with Gasteiger partial charge in [-0.05, 0) is 33.0 Å². The van der Waals surface area contributed by atoms with E-state index in [9.17, 15) is 0 Å². The Morgan fingerprint density at radius 1 is 1.42 bits per heavy atom. The van der Waals surface area contributed by atoms with E-state index in [4.69, 9.17) is 4.98 Å². The van der Waals surface area contributed by atoms with Gasteiger partial charge in [-0.1, -0.05) is 6.07 Å². The summed E-state index contributed by atoms with van der Waals surface area (Å²) in [6.07, 6.45) is 1.83. The van der Waals surface area contributed by atoms with E-state index in [0.717, 1.165) is 29.6 Å². The van der Waals surface area contributed by atoms with Gasteiger partial charge in [-0.3, -0.25) is 4.98 Å². The number of hydrogen-bond donors (Lipinski definition) is 1. The molecule has 0 spiro atoms. The molecule has 2 rings (SSSR count). The van der Waals surface area contributed by atoms with Crippen LogP contribution in [0.5, 0.6) is 0 Å². The van der Waals surface area contributed by atoms with E-state index in [1.807, 2.05) is 31.4 Å². The third-order valence-electron chi connectivity index (χ3n) is 3.12. The minimum atomic E-state index is 0.290. The second-order valence-corrected chi connectivity index (χ2v) is 5.24. The standard InChI is InChI=1S/C14H20N4S/c1-4-18(9-12-7-5-6-8-16-12)14-17-13(10-19-14)11(2)15-3/h5-8,10-11,15H,4,9H2,1-3H3. The molecule has 0 saturated heterocycles. The van der Waals surface area contributed by atoms with Crippen LogP contribution in [0, 0.1) is 0 Å². The average molecular weight is 276 g/mol. The Labute approximate surface area is 118 Å². The number of hydrogen-bond acceptors (Lipinski definition) is 5. The van der Waals surface area contributed by atoms with Crippen molar-refractivity contribution in [3.05, 3.63) is 41.2 Å². The van der Waals surface area contributed by atoms with Crippen molar-refractivity contribution in [2.24, 2.45) is 0 Å². The highest BCUT2D eigenvalue weighted by molar-refractivity contribution is 7.13. The summed E-state index contributed by atoms with van der Waals surface area (Å²) in [6.45, 7) is 6.00. The minimum absolute atomic E-state index is 0.290. The monoisotopic (exact) mass is 276 g/mol. The molecule has 0 aliphatic rings. The quantitative estimate of drug-likeness (QED) is 0.881. The van der Waals surface area contributed by atoms with Gasteiger partial charge in [0.2, 0.25) is 0 Å². The Morgan fingerprint density at radius 2 is 2.26 bits per heavy atom. The molecule has 4 nitrogen and oxygen atoms in total. The summed E-state index contributed by atoms with van der Waals surface area (Å²) in [5, 5.41) is 6.40. The molecule has 2 aromatic heterocycles. The maximum atomic E-state index is 4.70. The van der Waals surface area contributed by atoms with Gasteiger partial charge in [0.25, 0.3) is 0 Å². The first-order valence-corrected chi connectivity index (χ1v) is 7.40. The Kier molecular flexibility index (Phi) is 4.87. The van der Waals surface area contributed by atoms with Gasteiger partial charge in [-0.15, -0.1) is 11.3 Å². The van der Waals surface area contributed by atoms with Gasteiger partial charge in [0.1, 0.15) is 0 Å². The predicted molar refractivity (Wildman–Crippen MR) is 80.5 cm³/mol. The lowest BCUT2D eigenvalue weighted by Gasteiger charge is -2.19. The number of nitrogens with zero attached hydrogens (tertiary/aromatic N) is 3. The summed E-state index contributed by atoms with van der Waals surface area (Å²) in [5.74, 6) is 0. The molecule has 0 aromatic carbocycles. The number of nitrogens with one attached hydrogen (secondary N) is 1. The molecule has 0 radical (unpaired) electrons. The zero-order chi connectivity index (χ0) is 13.7. The molecule has 2 aromatic rings. The van der Waals surface area contributed by atoms with Crippen LogP contribution in [-0.4, -0.2) is 23.6 Å². The van der Waals surface area contributed by atoms with Crippen molar-refractivity contribution in [3.63, 3.8) is 0 Å². The summed E-state index contributed by atoms with van der Waals surface area (Å²) >= 11 is 1.69. The van der Waals surface area contributed by atoms with Crippen LogP contribution in [0.3, 0.4) is 0 Å². The molecule has 0 aliphatic carbocycles. The molecule has 0 aliphatic heterocycles. The van der Waals surface area contributed by atoms with E-state index >= 15 is 0 Å². The van der Waals surface area contributed by atoms with Crippen LogP contribution in [0.2, 0.25) is 0 Å². The fraction of sp³-hybridized carbons (Fsp3) is 0.429. The van der Waals surface area contributed by atoms with Gasteiger partial charge in [0.15, 0.2) is 5.13 Å². The number of pyridine rings is 1. The predicted octanol–water partition coefficient (Wildman–Crippen LogP) is 2.85. The summed E-state index contributed by atoms with van der Waals surface area (Å²) in [7, 11) is 1.95. The minimum Gasteiger partial charge on any atom is -0.342 e. The SMILES string of the molecule is CCN(Cc1ccccn1)c1nc(C(C)NC)cs1. The first-order valence-electron chi connectivity index (χ1n) is 6.52. The third-order valence-corrected chi connectivity index (χ3v) is 4.04. The van der Waals surface area contributed by atoms with Crippen LogP contribution in [0.4, 0.5) is 5.13 Å². The van der Waals surface area contributed by atoms with Gasteiger partial charge in [-0.25, -0.2) is 4.98 Å². The van der Waals surface area contributed by atoms with Crippen molar-refractivity contribution in [2.75, 3.05) is 18.5 Å². The summed E-state index contributed by atoms with van der Waals surface area (Å²) < 4.78 is 0. The molecular weight excluding hydrogens is 256 g/mol. The molecule has 0 fully saturated rings. The molecule has 0 amide bonds. The van der Waals surface area contributed by atoms with E-state index in [-0.39, 0.29) is 0 Å². The Balaban J connectivity index is 2.11. The van der Waals surface area contributed by atoms with E-state index < -0.39 is 0 Å². The lowest BCUT2D eigenvalue weighted by molar-refractivity contribution is 0.635. The number of rotatable bonds is 6. The topological polar surface area (TPSA) is 41.1 Å². The van der Waals surface area contributed by atoms with Gasteiger partial charge in [0, 0.05) is 24.2 Å². The van der Waals surface area contributed by atoms with E-state index in [1.54, 1.807) is 11.3 Å². The fourth-order valence-electron chi connectivity index (χ4n) is 1.77. The van der Waals surface area contributed by atoms with Crippen LogP contribution in [0.15, 0.2) is 29.8 Å².